The zero-order valence-electron chi connectivity index (χ0n) is 12.4. The highest BCUT2D eigenvalue weighted by Crippen LogP contribution is 2.18. The van der Waals surface area contributed by atoms with Crippen molar-refractivity contribution in [3.8, 4) is 5.75 Å². The lowest BCUT2D eigenvalue weighted by Gasteiger charge is -2.17. The van der Waals surface area contributed by atoms with Gasteiger partial charge in [-0.2, -0.15) is 0 Å². The molecule has 106 valence electrons. The van der Waals surface area contributed by atoms with Gasteiger partial charge in [-0.1, -0.05) is 37.3 Å². The predicted molar refractivity (Wildman–Crippen MR) is 81.8 cm³/mol. The number of nitrogens with zero attached hydrogens (tertiary/aromatic N) is 1. The lowest BCUT2D eigenvalue weighted by atomic mass is 10.0. The van der Waals surface area contributed by atoms with Crippen LogP contribution in [-0.2, 0) is 6.54 Å². The second-order valence-electron chi connectivity index (χ2n) is 4.89. The molecule has 1 aromatic heterocycles. The summed E-state index contributed by atoms with van der Waals surface area (Å²) in [7, 11) is 1.69. The topological polar surface area (TPSA) is 34.1 Å². The summed E-state index contributed by atoms with van der Waals surface area (Å²) >= 11 is 0. The summed E-state index contributed by atoms with van der Waals surface area (Å²) in [6, 6.07) is 14.8. The van der Waals surface area contributed by atoms with Crippen molar-refractivity contribution in [3.05, 3.63) is 59.4 Å². The maximum absolute atomic E-state index is 5.29. The monoisotopic (exact) mass is 270 g/mol. The molecule has 1 heterocycles. The summed E-state index contributed by atoms with van der Waals surface area (Å²) in [5.74, 6) is 0.863. The van der Waals surface area contributed by atoms with Gasteiger partial charge in [0.15, 0.2) is 0 Å². The highest BCUT2D eigenvalue weighted by Gasteiger charge is 2.09. The van der Waals surface area contributed by atoms with Crippen LogP contribution in [0.2, 0.25) is 0 Å². The second-order valence-corrected chi connectivity index (χ2v) is 4.89. The number of aromatic nitrogens is 1. The average Bonchev–Trinajstić information content (AvgIpc) is 2.48. The van der Waals surface area contributed by atoms with E-state index in [0.29, 0.717) is 6.04 Å². The van der Waals surface area contributed by atoms with Crippen LogP contribution in [0, 0.1) is 6.92 Å². The van der Waals surface area contributed by atoms with E-state index in [1.165, 1.54) is 5.56 Å². The minimum Gasteiger partial charge on any atom is -0.497 e. The average molecular weight is 270 g/mol. The molecule has 2 aromatic rings. The maximum Gasteiger partial charge on any atom is 0.122 e. The van der Waals surface area contributed by atoms with E-state index in [0.717, 1.165) is 30.1 Å². The first-order valence-electron chi connectivity index (χ1n) is 7.02. The van der Waals surface area contributed by atoms with Crippen LogP contribution < -0.4 is 10.1 Å². The van der Waals surface area contributed by atoms with Gasteiger partial charge < -0.3 is 10.1 Å². The van der Waals surface area contributed by atoms with Gasteiger partial charge in [0.1, 0.15) is 5.75 Å². The van der Waals surface area contributed by atoms with E-state index < -0.39 is 0 Å². The van der Waals surface area contributed by atoms with Crippen LogP contribution in [0.15, 0.2) is 42.5 Å². The van der Waals surface area contributed by atoms with Gasteiger partial charge >= 0.3 is 0 Å². The Bertz CT molecular complexity index is 540. The molecule has 20 heavy (non-hydrogen) atoms. The molecule has 0 spiro atoms. The van der Waals surface area contributed by atoms with E-state index in [9.17, 15) is 0 Å². The normalized spacial score (nSPS) is 12.2. The predicted octanol–water partition coefficient (Wildman–Crippen LogP) is 3.64. The van der Waals surface area contributed by atoms with E-state index in [2.05, 4.69) is 41.5 Å². The fourth-order valence-electron chi connectivity index (χ4n) is 2.32. The van der Waals surface area contributed by atoms with Gasteiger partial charge in [-0.15, -0.1) is 0 Å². The molecule has 0 saturated heterocycles. The molecule has 2 rings (SSSR count). The number of methoxy groups -OCH3 is 1. The van der Waals surface area contributed by atoms with E-state index in [-0.39, 0.29) is 0 Å². The Hall–Kier alpha value is -1.87. The molecule has 1 aromatic carbocycles. The van der Waals surface area contributed by atoms with Gasteiger partial charge in [0.2, 0.25) is 0 Å². The quantitative estimate of drug-likeness (QED) is 0.870. The van der Waals surface area contributed by atoms with Crippen LogP contribution in [0.1, 0.15) is 36.3 Å². The fraction of sp³-hybridized carbons (Fsp3) is 0.353. The third kappa shape index (κ3) is 3.81. The van der Waals surface area contributed by atoms with Gasteiger partial charge in [-0.05, 0) is 18.9 Å². The number of ether oxygens (including phenoxy) is 1. The van der Waals surface area contributed by atoms with Gasteiger partial charge in [-0.3, -0.25) is 4.98 Å². The van der Waals surface area contributed by atoms with Crippen LogP contribution in [-0.4, -0.2) is 12.1 Å². The molecular weight excluding hydrogens is 248 g/mol. The summed E-state index contributed by atoms with van der Waals surface area (Å²) < 4.78 is 5.29. The van der Waals surface area contributed by atoms with Crippen LogP contribution in [0.5, 0.6) is 5.75 Å². The molecule has 1 N–H and O–H groups in total. The Morgan fingerprint density at radius 2 is 1.95 bits per heavy atom. The Morgan fingerprint density at radius 3 is 2.60 bits per heavy atom. The number of hydrogen-bond acceptors (Lipinski definition) is 3. The van der Waals surface area contributed by atoms with Gasteiger partial charge in [0, 0.05) is 30.4 Å². The molecule has 0 aliphatic rings. The molecule has 0 aliphatic heterocycles. The maximum atomic E-state index is 5.29. The van der Waals surface area contributed by atoms with Crippen molar-refractivity contribution in [2.75, 3.05) is 7.11 Å². The van der Waals surface area contributed by atoms with Crippen LogP contribution in [0.25, 0.3) is 0 Å². The van der Waals surface area contributed by atoms with Crippen molar-refractivity contribution in [1.82, 2.24) is 10.3 Å². The number of pyridine rings is 1. The van der Waals surface area contributed by atoms with E-state index in [1.54, 1.807) is 7.11 Å². The third-order valence-corrected chi connectivity index (χ3v) is 3.36. The first-order chi connectivity index (χ1) is 9.72. The Balaban J connectivity index is 2.05. The molecular formula is C17H22N2O. The van der Waals surface area contributed by atoms with Gasteiger partial charge in [0.25, 0.3) is 0 Å². The van der Waals surface area contributed by atoms with Gasteiger partial charge in [0.05, 0.1) is 12.8 Å². The molecule has 0 fully saturated rings. The number of hydrogen-bond donors (Lipinski definition) is 1. The summed E-state index contributed by atoms with van der Waals surface area (Å²) in [4.78, 5) is 4.54. The molecule has 3 nitrogen and oxygen atoms in total. The van der Waals surface area contributed by atoms with Crippen LogP contribution in [0.3, 0.4) is 0 Å². The first kappa shape index (κ1) is 14.5. The molecule has 0 amide bonds. The number of nitrogens with one attached hydrogen (secondary N) is 1. The molecule has 0 bridgehead atoms. The van der Waals surface area contributed by atoms with Crippen molar-refractivity contribution in [2.45, 2.75) is 32.9 Å². The van der Waals surface area contributed by atoms with E-state index in [1.807, 2.05) is 25.1 Å². The number of benzene rings is 1. The second kappa shape index (κ2) is 7.06. The summed E-state index contributed by atoms with van der Waals surface area (Å²) in [5, 5.41) is 3.56. The van der Waals surface area contributed by atoms with Crippen molar-refractivity contribution >= 4 is 0 Å². The van der Waals surface area contributed by atoms with Crippen molar-refractivity contribution in [2.24, 2.45) is 0 Å². The Labute approximate surface area is 121 Å². The highest BCUT2D eigenvalue weighted by atomic mass is 16.5. The van der Waals surface area contributed by atoms with Crippen molar-refractivity contribution < 1.29 is 4.74 Å². The van der Waals surface area contributed by atoms with Crippen LogP contribution >= 0.6 is 0 Å². The number of aryl methyl sites for hydroxylation is 1. The van der Waals surface area contributed by atoms with E-state index >= 15 is 0 Å². The highest BCUT2D eigenvalue weighted by molar-refractivity contribution is 5.27. The molecule has 3 heteroatoms. The van der Waals surface area contributed by atoms with Crippen LogP contribution in [0.4, 0.5) is 0 Å². The molecule has 1 unspecified atom stereocenters. The lowest BCUT2D eigenvalue weighted by molar-refractivity contribution is 0.412. The minimum absolute atomic E-state index is 0.351. The Kier molecular flexibility index (Phi) is 5.13. The third-order valence-electron chi connectivity index (χ3n) is 3.36. The minimum atomic E-state index is 0.351. The fourth-order valence-corrected chi connectivity index (χ4v) is 2.32. The first-order valence-corrected chi connectivity index (χ1v) is 7.02. The smallest absolute Gasteiger partial charge is 0.122 e. The largest absolute Gasteiger partial charge is 0.497 e. The SMILES string of the molecule is CCC(NCc1cc(OC)cc(C)n1)c1ccccc1. The standard InChI is InChI=1S/C17H22N2O/c1-4-17(14-8-6-5-7-9-14)18-12-15-11-16(20-3)10-13(2)19-15/h5-11,17-18H,4,12H2,1-3H3. The summed E-state index contributed by atoms with van der Waals surface area (Å²) in [6.07, 6.45) is 1.05. The molecule has 0 saturated carbocycles. The molecule has 1 atom stereocenters. The van der Waals surface area contributed by atoms with Gasteiger partial charge in [-0.25, -0.2) is 0 Å². The lowest BCUT2D eigenvalue weighted by Crippen LogP contribution is -2.21. The van der Waals surface area contributed by atoms with E-state index in [4.69, 9.17) is 4.74 Å². The molecule has 0 aliphatic carbocycles. The number of rotatable bonds is 6. The zero-order chi connectivity index (χ0) is 14.4. The summed E-state index contributed by atoms with van der Waals surface area (Å²) in [6.45, 7) is 4.92. The molecule has 0 radical (unpaired) electrons. The Morgan fingerprint density at radius 1 is 1.20 bits per heavy atom. The van der Waals surface area contributed by atoms with Crippen molar-refractivity contribution in [1.29, 1.82) is 0 Å². The summed E-state index contributed by atoms with van der Waals surface area (Å²) in [5.41, 5.74) is 3.31. The van der Waals surface area contributed by atoms with Crippen molar-refractivity contribution in [3.63, 3.8) is 0 Å². The zero-order valence-corrected chi connectivity index (χ0v) is 12.4.